The van der Waals surface area contributed by atoms with Gasteiger partial charge < -0.3 is 4.90 Å². The lowest BCUT2D eigenvalue weighted by molar-refractivity contribution is 0.280. The summed E-state index contributed by atoms with van der Waals surface area (Å²) in [6.45, 7) is 7.36. The molecular weight excluding hydrogens is 146 g/mol. The van der Waals surface area contributed by atoms with E-state index in [1.165, 1.54) is 45.2 Å². The van der Waals surface area contributed by atoms with Crippen LogP contribution in [0.1, 0.15) is 46.0 Å². The molecule has 0 aromatic heterocycles. The lowest BCUT2D eigenvalue weighted by atomic mass is 9.84. The van der Waals surface area contributed by atoms with Crippen molar-refractivity contribution in [1.82, 2.24) is 4.90 Å². The van der Waals surface area contributed by atoms with E-state index >= 15 is 0 Å². The van der Waals surface area contributed by atoms with Crippen molar-refractivity contribution in [3.63, 3.8) is 0 Å². The average molecular weight is 169 g/mol. The Morgan fingerprint density at radius 2 is 2.08 bits per heavy atom. The second-order valence-corrected chi connectivity index (χ2v) is 4.76. The summed E-state index contributed by atoms with van der Waals surface area (Å²) in [6, 6.07) is 0. The van der Waals surface area contributed by atoms with E-state index in [0.717, 1.165) is 0 Å². The molecular formula is C11H23N. The van der Waals surface area contributed by atoms with Crippen molar-refractivity contribution in [2.45, 2.75) is 46.0 Å². The van der Waals surface area contributed by atoms with E-state index in [1.807, 2.05) is 0 Å². The number of hydrogen-bond donors (Lipinski definition) is 0. The van der Waals surface area contributed by atoms with Gasteiger partial charge in [-0.25, -0.2) is 0 Å². The summed E-state index contributed by atoms with van der Waals surface area (Å²) in [5.41, 5.74) is 0.643. The fraction of sp³-hybridized carbons (Fsp3) is 1.00. The van der Waals surface area contributed by atoms with Crippen LogP contribution in [0.4, 0.5) is 0 Å². The van der Waals surface area contributed by atoms with Crippen LogP contribution in [0.2, 0.25) is 0 Å². The molecule has 1 saturated heterocycles. The number of nitrogens with zero attached hydrogens (tertiary/aromatic N) is 1. The largest absolute Gasteiger partial charge is 0.306 e. The Labute approximate surface area is 77.1 Å². The molecule has 0 aromatic carbocycles. The Kier molecular flexibility index (Phi) is 3.57. The van der Waals surface area contributed by atoms with Gasteiger partial charge in [0.05, 0.1) is 0 Å². The third-order valence-electron chi connectivity index (χ3n) is 3.13. The molecule has 1 fully saturated rings. The third-order valence-corrected chi connectivity index (χ3v) is 3.13. The standard InChI is InChI=1S/C11H23N/c1-4-5-6-7-11(2)8-9-12(3)10-11/h4-10H2,1-3H3. The van der Waals surface area contributed by atoms with Gasteiger partial charge in [0, 0.05) is 6.54 Å². The zero-order valence-corrected chi connectivity index (χ0v) is 8.90. The SMILES string of the molecule is CCCCCC1(C)CCN(C)C1. The van der Waals surface area contributed by atoms with E-state index in [0.29, 0.717) is 5.41 Å². The van der Waals surface area contributed by atoms with Crippen molar-refractivity contribution in [2.75, 3.05) is 20.1 Å². The maximum Gasteiger partial charge on any atom is 0.00328 e. The fourth-order valence-electron chi connectivity index (χ4n) is 2.28. The number of unbranched alkanes of at least 4 members (excludes halogenated alkanes) is 2. The molecule has 1 aliphatic rings. The normalized spacial score (nSPS) is 31.2. The summed E-state index contributed by atoms with van der Waals surface area (Å²) in [4.78, 5) is 2.46. The van der Waals surface area contributed by atoms with E-state index in [9.17, 15) is 0 Å². The van der Waals surface area contributed by atoms with Crippen molar-refractivity contribution in [3.8, 4) is 0 Å². The highest BCUT2D eigenvalue weighted by Gasteiger charge is 2.30. The third kappa shape index (κ3) is 2.78. The van der Waals surface area contributed by atoms with Gasteiger partial charge in [0.1, 0.15) is 0 Å². The number of hydrogen-bond acceptors (Lipinski definition) is 1. The van der Waals surface area contributed by atoms with E-state index in [2.05, 4.69) is 25.8 Å². The van der Waals surface area contributed by atoms with E-state index in [4.69, 9.17) is 0 Å². The summed E-state index contributed by atoms with van der Waals surface area (Å²) in [5, 5.41) is 0. The Balaban J connectivity index is 2.21. The first kappa shape index (κ1) is 10.0. The maximum atomic E-state index is 2.46. The molecule has 12 heavy (non-hydrogen) atoms. The van der Waals surface area contributed by atoms with Gasteiger partial charge in [-0.3, -0.25) is 0 Å². The van der Waals surface area contributed by atoms with E-state index in [1.54, 1.807) is 0 Å². The van der Waals surface area contributed by atoms with Crippen LogP contribution in [0.25, 0.3) is 0 Å². The minimum atomic E-state index is 0.643. The molecule has 0 saturated carbocycles. The minimum Gasteiger partial charge on any atom is -0.306 e. The summed E-state index contributed by atoms with van der Waals surface area (Å²) >= 11 is 0. The van der Waals surface area contributed by atoms with E-state index < -0.39 is 0 Å². The first-order valence-corrected chi connectivity index (χ1v) is 5.35. The van der Waals surface area contributed by atoms with Crippen LogP contribution in [-0.4, -0.2) is 25.0 Å². The van der Waals surface area contributed by atoms with Gasteiger partial charge in [-0.2, -0.15) is 0 Å². The molecule has 0 amide bonds. The molecule has 0 radical (unpaired) electrons. The first-order chi connectivity index (χ1) is 5.66. The number of rotatable bonds is 4. The van der Waals surface area contributed by atoms with E-state index in [-0.39, 0.29) is 0 Å². The summed E-state index contributed by atoms with van der Waals surface area (Å²) in [5.74, 6) is 0. The van der Waals surface area contributed by atoms with Crippen LogP contribution in [-0.2, 0) is 0 Å². The van der Waals surface area contributed by atoms with Gasteiger partial charge in [0.2, 0.25) is 0 Å². The fourth-order valence-corrected chi connectivity index (χ4v) is 2.28. The van der Waals surface area contributed by atoms with Gasteiger partial charge in [0.15, 0.2) is 0 Å². The Bertz CT molecular complexity index is 133. The zero-order valence-electron chi connectivity index (χ0n) is 8.90. The van der Waals surface area contributed by atoms with Crippen LogP contribution in [0.15, 0.2) is 0 Å². The molecule has 0 N–H and O–H groups in total. The molecule has 0 spiro atoms. The highest BCUT2D eigenvalue weighted by Crippen LogP contribution is 2.34. The van der Waals surface area contributed by atoms with Gasteiger partial charge in [-0.1, -0.05) is 33.1 Å². The van der Waals surface area contributed by atoms with Crippen LogP contribution < -0.4 is 0 Å². The van der Waals surface area contributed by atoms with Crippen molar-refractivity contribution >= 4 is 0 Å². The molecule has 1 heteroatoms. The zero-order chi connectivity index (χ0) is 9.03. The molecule has 1 nitrogen and oxygen atoms in total. The first-order valence-electron chi connectivity index (χ1n) is 5.35. The van der Waals surface area contributed by atoms with Crippen molar-refractivity contribution in [3.05, 3.63) is 0 Å². The topological polar surface area (TPSA) is 3.24 Å². The molecule has 0 aliphatic carbocycles. The second kappa shape index (κ2) is 4.27. The van der Waals surface area contributed by atoms with Crippen LogP contribution in [0, 0.1) is 5.41 Å². The Morgan fingerprint density at radius 1 is 1.33 bits per heavy atom. The van der Waals surface area contributed by atoms with Crippen LogP contribution in [0.5, 0.6) is 0 Å². The van der Waals surface area contributed by atoms with Gasteiger partial charge >= 0.3 is 0 Å². The van der Waals surface area contributed by atoms with Gasteiger partial charge in [0.25, 0.3) is 0 Å². The van der Waals surface area contributed by atoms with Gasteiger partial charge in [-0.05, 0) is 31.8 Å². The van der Waals surface area contributed by atoms with Crippen LogP contribution >= 0.6 is 0 Å². The van der Waals surface area contributed by atoms with Crippen molar-refractivity contribution < 1.29 is 0 Å². The molecule has 72 valence electrons. The molecule has 1 aliphatic heterocycles. The van der Waals surface area contributed by atoms with Crippen molar-refractivity contribution in [1.29, 1.82) is 0 Å². The predicted octanol–water partition coefficient (Wildman–Crippen LogP) is 2.91. The number of likely N-dealkylation sites (tertiary alicyclic amines) is 1. The second-order valence-electron chi connectivity index (χ2n) is 4.76. The quantitative estimate of drug-likeness (QED) is 0.585. The van der Waals surface area contributed by atoms with Crippen molar-refractivity contribution in [2.24, 2.45) is 5.41 Å². The van der Waals surface area contributed by atoms with Crippen LogP contribution in [0.3, 0.4) is 0 Å². The maximum absolute atomic E-state index is 2.46. The highest BCUT2D eigenvalue weighted by atomic mass is 15.1. The predicted molar refractivity (Wildman–Crippen MR) is 54.4 cm³/mol. The molecule has 0 aromatic rings. The summed E-state index contributed by atoms with van der Waals surface area (Å²) < 4.78 is 0. The lowest BCUT2D eigenvalue weighted by Gasteiger charge is -2.23. The molecule has 1 heterocycles. The minimum absolute atomic E-state index is 0.643. The summed E-state index contributed by atoms with van der Waals surface area (Å²) in [7, 11) is 2.24. The average Bonchev–Trinajstić information content (AvgIpc) is 2.32. The van der Waals surface area contributed by atoms with Gasteiger partial charge in [-0.15, -0.1) is 0 Å². The monoisotopic (exact) mass is 169 g/mol. The summed E-state index contributed by atoms with van der Waals surface area (Å²) in [6.07, 6.45) is 7.05. The Morgan fingerprint density at radius 3 is 2.58 bits per heavy atom. The smallest absolute Gasteiger partial charge is 0.00328 e. The molecule has 0 bridgehead atoms. The lowest BCUT2D eigenvalue weighted by Crippen LogP contribution is -2.21. The molecule has 1 rings (SSSR count). The Hall–Kier alpha value is -0.0400. The molecule has 1 atom stereocenters. The highest BCUT2D eigenvalue weighted by molar-refractivity contribution is 4.84. The molecule has 1 unspecified atom stereocenters.